The highest BCUT2D eigenvalue weighted by molar-refractivity contribution is 6.07. The number of pyridine rings is 1. The van der Waals surface area contributed by atoms with Gasteiger partial charge < -0.3 is 20.1 Å². The van der Waals surface area contributed by atoms with E-state index in [2.05, 4.69) is 15.6 Å². The van der Waals surface area contributed by atoms with Gasteiger partial charge in [0.2, 0.25) is 0 Å². The van der Waals surface area contributed by atoms with Crippen molar-refractivity contribution in [2.75, 3.05) is 32.7 Å². The van der Waals surface area contributed by atoms with Gasteiger partial charge in [-0.05, 0) is 36.8 Å². The predicted octanol–water partition coefficient (Wildman–Crippen LogP) is 3.73. The molecule has 0 bridgehead atoms. The lowest BCUT2D eigenvalue weighted by atomic mass is 10.1. The van der Waals surface area contributed by atoms with E-state index in [1.165, 1.54) is 0 Å². The summed E-state index contributed by atoms with van der Waals surface area (Å²) in [7, 11) is 3.24. The summed E-state index contributed by atoms with van der Waals surface area (Å²) in [4.78, 5) is 17.6. The first-order chi connectivity index (χ1) is 16.1. The fraction of sp³-hybridized carbons (Fsp3) is 0.240. The van der Waals surface area contributed by atoms with Gasteiger partial charge in [0.15, 0.2) is 5.65 Å². The minimum absolute atomic E-state index is 0.217. The van der Waals surface area contributed by atoms with Gasteiger partial charge in [-0.2, -0.15) is 5.10 Å². The predicted molar refractivity (Wildman–Crippen MR) is 128 cm³/mol. The van der Waals surface area contributed by atoms with Crippen LogP contribution in [0.25, 0.3) is 16.7 Å². The second-order valence-corrected chi connectivity index (χ2v) is 7.53. The second kappa shape index (κ2) is 10.1. The summed E-state index contributed by atoms with van der Waals surface area (Å²) in [6, 6.07) is 17.6. The third kappa shape index (κ3) is 4.80. The molecule has 8 heteroatoms. The molecule has 1 amide bonds. The van der Waals surface area contributed by atoms with Crippen molar-refractivity contribution in [2.24, 2.45) is 0 Å². The van der Waals surface area contributed by atoms with Gasteiger partial charge in [0, 0.05) is 26.4 Å². The number of anilines is 1. The maximum atomic E-state index is 13.0. The van der Waals surface area contributed by atoms with Crippen molar-refractivity contribution in [3.8, 4) is 11.4 Å². The van der Waals surface area contributed by atoms with Crippen molar-refractivity contribution in [1.29, 1.82) is 0 Å². The summed E-state index contributed by atoms with van der Waals surface area (Å²) in [5.74, 6) is 0.578. The zero-order valence-corrected chi connectivity index (χ0v) is 19.0. The monoisotopic (exact) mass is 445 g/mol. The average Bonchev–Trinajstić information content (AvgIpc) is 3.20. The van der Waals surface area contributed by atoms with Crippen molar-refractivity contribution >= 4 is 22.6 Å². The number of carbonyl (C=O) groups is 1. The minimum atomic E-state index is -0.217. The van der Waals surface area contributed by atoms with E-state index in [9.17, 15) is 4.79 Å². The number of hydrogen-bond acceptors (Lipinski definition) is 6. The molecule has 0 spiro atoms. The summed E-state index contributed by atoms with van der Waals surface area (Å²) in [6.07, 6.45) is 1.60. The van der Waals surface area contributed by atoms with E-state index in [1.54, 1.807) is 25.1 Å². The molecule has 0 saturated heterocycles. The highest BCUT2D eigenvalue weighted by Gasteiger charge is 2.21. The van der Waals surface area contributed by atoms with Crippen molar-refractivity contribution in [3.05, 3.63) is 77.6 Å². The largest absolute Gasteiger partial charge is 0.497 e. The number of hydrogen-bond donors (Lipinski definition) is 2. The number of nitrogens with zero attached hydrogens (tertiary/aromatic N) is 3. The molecule has 4 rings (SSSR count). The molecule has 0 saturated carbocycles. The van der Waals surface area contributed by atoms with E-state index < -0.39 is 0 Å². The standard InChI is InChI=1S/C25H27N5O3/c1-17-22-23(27-15-18-9-11-20(33-3)12-10-18)21(25(31)26-13-14-32-2)16-28-24(22)30(29-17)19-7-5-4-6-8-19/h4-12,16H,13-15H2,1-3H3,(H,26,31)(H,27,28). The molecule has 170 valence electrons. The summed E-state index contributed by atoms with van der Waals surface area (Å²) >= 11 is 0. The molecule has 0 aliphatic heterocycles. The van der Waals surface area contributed by atoms with Crippen molar-refractivity contribution in [1.82, 2.24) is 20.1 Å². The zero-order chi connectivity index (χ0) is 23.2. The lowest BCUT2D eigenvalue weighted by Crippen LogP contribution is -2.28. The first-order valence-corrected chi connectivity index (χ1v) is 10.7. The molecule has 33 heavy (non-hydrogen) atoms. The molecule has 2 aromatic carbocycles. The van der Waals surface area contributed by atoms with Crippen LogP contribution in [0.15, 0.2) is 60.8 Å². The molecule has 2 N–H and O–H groups in total. The summed E-state index contributed by atoms with van der Waals surface area (Å²) in [5, 5.41) is 11.9. The molecule has 2 aromatic heterocycles. The number of rotatable bonds is 9. The van der Waals surface area contributed by atoms with E-state index >= 15 is 0 Å². The van der Waals surface area contributed by atoms with Gasteiger partial charge in [-0.1, -0.05) is 30.3 Å². The number of fused-ring (bicyclic) bond motifs is 1. The van der Waals surface area contributed by atoms with Gasteiger partial charge in [-0.15, -0.1) is 0 Å². The average molecular weight is 446 g/mol. The minimum Gasteiger partial charge on any atom is -0.497 e. The van der Waals surface area contributed by atoms with Crippen LogP contribution < -0.4 is 15.4 Å². The number of para-hydroxylation sites is 1. The lowest BCUT2D eigenvalue weighted by Gasteiger charge is -2.14. The highest BCUT2D eigenvalue weighted by atomic mass is 16.5. The fourth-order valence-corrected chi connectivity index (χ4v) is 3.65. The first kappa shape index (κ1) is 22.3. The van der Waals surface area contributed by atoms with Crippen LogP contribution in [0.3, 0.4) is 0 Å². The van der Waals surface area contributed by atoms with Gasteiger partial charge in [-0.25, -0.2) is 9.67 Å². The molecule has 0 fully saturated rings. The number of aromatic nitrogens is 3. The quantitative estimate of drug-likeness (QED) is 0.382. The molecule has 2 heterocycles. The molecule has 0 atom stereocenters. The van der Waals surface area contributed by atoms with E-state index in [1.807, 2.05) is 61.5 Å². The van der Waals surface area contributed by atoms with E-state index in [4.69, 9.17) is 14.6 Å². The second-order valence-electron chi connectivity index (χ2n) is 7.53. The number of benzene rings is 2. The van der Waals surface area contributed by atoms with Crippen molar-refractivity contribution in [3.63, 3.8) is 0 Å². The van der Waals surface area contributed by atoms with Crippen LogP contribution in [0, 0.1) is 6.92 Å². The Morgan fingerprint density at radius 1 is 1.06 bits per heavy atom. The van der Waals surface area contributed by atoms with Gasteiger partial charge in [0.25, 0.3) is 5.91 Å². The summed E-state index contributed by atoms with van der Waals surface area (Å²) < 4.78 is 12.1. The molecule has 0 aliphatic carbocycles. The maximum Gasteiger partial charge on any atom is 0.255 e. The van der Waals surface area contributed by atoms with Crippen molar-refractivity contribution < 1.29 is 14.3 Å². The molecule has 4 aromatic rings. The van der Waals surface area contributed by atoms with Crippen LogP contribution in [0.5, 0.6) is 5.75 Å². The number of methoxy groups -OCH3 is 2. The normalized spacial score (nSPS) is 10.9. The summed E-state index contributed by atoms with van der Waals surface area (Å²) in [6.45, 7) is 3.29. The SMILES string of the molecule is COCCNC(=O)c1cnc2c(c(C)nn2-c2ccccc2)c1NCc1ccc(OC)cc1. The number of nitrogens with one attached hydrogen (secondary N) is 2. The molecular formula is C25H27N5O3. The lowest BCUT2D eigenvalue weighted by molar-refractivity contribution is 0.0937. The Bertz CT molecular complexity index is 1240. The van der Waals surface area contributed by atoms with E-state index in [0.717, 1.165) is 28.1 Å². The van der Waals surface area contributed by atoms with Crippen molar-refractivity contribution in [2.45, 2.75) is 13.5 Å². The Labute approximate surface area is 192 Å². The van der Waals surface area contributed by atoms with Crippen LogP contribution >= 0.6 is 0 Å². The molecule has 0 radical (unpaired) electrons. The third-order valence-corrected chi connectivity index (χ3v) is 5.34. The molecule has 0 aliphatic rings. The highest BCUT2D eigenvalue weighted by Crippen LogP contribution is 2.31. The number of carbonyl (C=O) groups excluding carboxylic acids is 1. The molecular weight excluding hydrogens is 418 g/mol. The maximum absolute atomic E-state index is 13.0. The van der Waals surface area contributed by atoms with Crippen LogP contribution in [0.1, 0.15) is 21.6 Å². The van der Waals surface area contributed by atoms with Gasteiger partial charge >= 0.3 is 0 Å². The Kier molecular flexibility index (Phi) is 6.85. The van der Waals surface area contributed by atoms with Crippen LogP contribution in [0.4, 0.5) is 5.69 Å². The van der Waals surface area contributed by atoms with Gasteiger partial charge in [0.05, 0.1) is 41.7 Å². The summed E-state index contributed by atoms with van der Waals surface area (Å²) in [5.41, 5.74) is 4.59. The Morgan fingerprint density at radius 2 is 1.82 bits per heavy atom. The van der Waals surface area contributed by atoms with E-state index in [0.29, 0.717) is 36.6 Å². The first-order valence-electron chi connectivity index (χ1n) is 10.7. The van der Waals surface area contributed by atoms with Crippen LogP contribution in [0.2, 0.25) is 0 Å². The van der Waals surface area contributed by atoms with E-state index in [-0.39, 0.29) is 5.91 Å². The fourth-order valence-electron chi connectivity index (χ4n) is 3.65. The zero-order valence-electron chi connectivity index (χ0n) is 19.0. The van der Waals surface area contributed by atoms with Gasteiger partial charge in [0.1, 0.15) is 5.75 Å². The topological polar surface area (TPSA) is 90.3 Å². The number of amides is 1. The smallest absolute Gasteiger partial charge is 0.255 e. The Morgan fingerprint density at radius 3 is 2.52 bits per heavy atom. The Balaban J connectivity index is 1.75. The Hall–Kier alpha value is -3.91. The molecule has 0 unspecified atom stereocenters. The van der Waals surface area contributed by atoms with Crippen LogP contribution in [-0.2, 0) is 11.3 Å². The third-order valence-electron chi connectivity index (χ3n) is 5.34. The van der Waals surface area contributed by atoms with Gasteiger partial charge in [-0.3, -0.25) is 4.79 Å². The van der Waals surface area contributed by atoms with Crippen LogP contribution in [-0.4, -0.2) is 48.0 Å². The number of aryl methyl sites for hydroxylation is 1. The molecule has 8 nitrogen and oxygen atoms in total. The number of ether oxygens (including phenoxy) is 2.